The van der Waals surface area contributed by atoms with Crippen LogP contribution in [0.25, 0.3) is 0 Å². The van der Waals surface area contributed by atoms with Crippen molar-refractivity contribution < 1.29 is 4.42 Å². The molecule has 0 saturated carbocycles. The lowest BCUT2D eigenvalue weighted by molar-refractivity contribution is 0.490. The Labute approximate surface area is 119 Å². The molecule has 0 spiro atoms. The van der Waals surface area contributed by atoms with Crippen LogP contribution < -0.4 is 10.6 Å². The molecule has 2 aromatic rings. The Morgan fingerprint density at radius 3 is 2.55 bits per heavy atom. The van der Waals surface area contributed by atoms with Crippen molar-refractivity contribution in [3.63, 3.8) is 0 Å². The minimum Gasteiger partial charge on any atom is -0.467 e. The summed E-state index contributed by atoms with van der Waals surface area (Å²) in [6, 6.07) is 3.91. The van der Waals surface area contributed by atoms with E-state index in [4.69, 9.17) is 4.42 Å². The van der Waals surface area contributed by atoms with E-state index in [1.54, 1.807) is 12.6 Å². The topological polar surface area (TPSA) is 63.0 Å². The molecule has 0 bridgehead atoms. The van der Waals surface area contributed by atoms with Gasteiger partial charge in [-0.15, -0.1) is 0 Å². The number of hydrogen-bond acceptors (Lipinski definition) is 5. The minimum absolute atomic E-state index is 0.0619. The fourth-order valence-electron chi connectivity index (χ4n) is 2.18. The van der Waals surface area contributed by atoms with Gasteiger partial charge >= 0.3 is 0 Å². The SMILES string of the molecule is CCNc1ncnc(NC(C)c2ccco2)c1C(C)C. The molecule has 5 nitrogen and oxygen atoms in total. The molecule has 5 heteroatoms. The van der Waals surface area contributed by atoms with Gasteiger partial charge in [-0.05, 0) is 31.9 Å². The first-order valence-electron chi connectivity index (χ1n) is 7.02. The molecule has 2 N–H and O–H groups in total. The lowest BCUT2D eigenvalue weighted by Crippen LogP contribution is -2.13. The summed E-state index contributed by atoms with van der Waals surface area (Å²) in [6.07, 6.45) is 3.27. The molecule has 2 rings (SSSR count). The third-order valence-electron chi connectivity index (χ3n) is 3.13. The highest BCUT2D eigenvalue weighted by Crippen LogP contribution is 2.30. The predicted molar refractivity (Wildman–Crippen MR) is 81.0 cm³/mol. The number of furan rings is 1. The van der Waals surface area contributed by atoms with Crippen molar-refractivity contribution in [2.75, 3.05) is 17.2 Å². The zero-order valence-electron chi connectivity index (χ0n) is 12.5. The summed E-state index contributed by atoms with van der Waals surface area (Å²) in [6.45, 7) is 9.23. The Bertz CT molecular complexity index is 537. The number of nitrogens with one attached hydrogen (secondary N) is 2. The van der Waals surface area contributed by atoms with E-state index in [-0.39, 0.29) is 6.04 Å². The lowest BCUT2D eigenvalue weighted by atomic mass is 10.0. The van der Waals surface area contributed by atoms with E-state index in [1.165, 1.54) is 0 Å². The van der Waals surface area contributed by atoms with E-state index in [1.807, 2.05) is 12.1 Å². The highest BCUT2D eigenvalue weighted by Gasteiger charge is 2.17. The Morgan fingerprint density at radius 2 is 1.95 bits per heavy atom. The van der Waals surface area contributed by atoms with E-state index in [0.29, 0.717) is 5.92 Å². The van der Waals surface area contributed by atoms with Gasteiger partial charge in [-0.3, -0.25) is 0 Å². The van der Waals surface area contributed by atoms with Gasteiger partial charge in [0.1, 0.15) is 23.7 Å². The maximum atomic E-state index is 5.42. The zero-order valence-corrected chi connectivity index (χ0v) is 12.5. The van der Waals surface area contributed by atoms with Crippen LogP contribution in [0, 0.1) is 0 Å². The number of hydrogen-bond donors (Lipinski definition) is 2. The fraction of sp³-hybridized carbons (Fsp3) is 0.467. The molecule has 0 aromatic carbocycles. The average molecular weight is 274 g/mol. The van der Waals surface area contributed by atoms with Gasteiger partial charge < -0.3 is 15.1 Å². The maximum absolute atomic E-state index is 5.42. The maximum Gasteiger partial charge on any atom is 0.135 e. The van der Waals surface area contributed by atoms with E-state index in [9.17, 15) is 0 Å². The van der Waals surface area contributed by atoms with E-state index < -0.39 is 0 Å². The second kappa shape index (κ2) is 6.41. The normalized spacial score (nSPS) is 12.4. The molecule has 0 aliphatic heterocycles. The number of rotatable bonds is 6. The van der Waals surface area contributed by atoms with Crippen molar-refractivity contribution in [1.82, 2.24) is 9.97 Å². The van der Waals surface area contributed by atoms with Crippen molar-refractivity contribution in [2.24, 2.45) is 0 Å². The van der Waals surface area contributed by atoms with Crippen molar-refractivity contribution in [1.29, 1.82) is 0 Å². The standard InChI is InChI=1S/C15H22N4O/c1-5-16-14-13(10(2)3)15(18-9-17-14)19-11(4)12-7-6-8-20-12/h6-11H,5H2,1-4H3,(H2,16,17,18,19). The third kappa shape index (κ3) is 3.10. The fourth-order valence-corrected chi connectivity index (χ4v) is 2.18. The van der Waals surface area contributed by atoms with E-state index in [0.717, 1.165) is 29.5 Å². The van der Waals surface area contributed by atoms with Gasteiger partial charge in [0.2, 0.25) is 0 Å². The summed E-state index contributed by atoms with van der Waals surface area (Å²) in [7, 11) is 0. The zero-order chi connectivity index (χ0) is 14.5. The Morgan fingerprint density at radius 1 is 1.20 bits per heavy atom. The largest absolute Gasteiger partial charge is 0.467 e. The van der Waals surface area contributed by atoms with Crippen LogP contribution in [-0.2, 0) is 0 Å². The highest BCUT2D eigenvalue weighted by molar-refractivity contribution is 5.59. The first-order chi connectivity index (χ1) is 9.63. The van der Waals surface area contributed by atoms with Crippen LogP contribution in [0.5, 0.6) is 0 Å². The van der Waals surface area contributed by atoms with E-state index in [2.05, 4.69) is 48.3 Å². The Balaban J connectivity index is 2.28. The van der Waals surface area contributed by atoms with Gasteiger partial charge in [-0.2, -0.15) is 0 Å². The van der Waals surface area contributed by atoms with Crippen molar-refractivity contribution in [3.05, 3.63) is 36.0 Å². The van der Waals surface area contributed by atoms with Gasteiger partial charge in [-0.1, -0.05) is 13.8 Å². The van der Waals surface area contributed by atoms with Gasteiger partial charge in [0, 0.05) is 12.1 Å². The summed E-state index contributed by atoms with van der Waals surface area (Å²) < 4.78 is 5.42. The molecule has 2 aromatic heterocycles. The summed E-state index contributed by atoms with van der Waals surface area (Å²) in [4.78, 5) is 8.72. The quantitative estimate of drug-likeness (QED) is 0.839. The molecule has 0 amide bonds. The molecule has 2 heterocycles. The number of anilines is 2. The van der Waals surface area contributed by atoms with Crippen LogP contribution in [0.4, 0.5) is 11.6 Å². The highest BCUT2D eigenvalue weighted by atomic mass is 16.3. The van der Waals surface area contributed by atoms with Gasteiger partial charge in [0.05, 0.1) is 12.3 Å². The monoisotopic (exact) mass is 274 g/mol. The molecular formula is C15H22N4O. The molecule has 1 atom stereocenters. The molecule has 0 fully saturated rings. The number of aromatic nitrogens is 2. The third-order valence-corrected chi connectivity index (χ3v) is 3.13. The van der Waals surface area contributed by atoms with Gasteiger partial charge in [0.25, 0.3) is 0 Å². The minimum atomic E-state index is 0.0619. The molecule has 0 aliphatic carbocycles. The molecule has 20 heavy (non-hydrogen) atoms. The van der Waals surface area contributed by atoms with Crippen LogP contribution in [0.2, 0.25) is 0 Å². The van der Waals surface area contributed by atoms with Crippen LogP contribution in [0.1, 0.15) is 51.0 Å². The number of nitrogens with zero attached hydrogens (tertiary/aromatic N) is 2. The summed E-state index contributed by atoms with van der Waals surface area (Å²) in [5.74, 6) is 2.97. The van der Waals surface area contributed by atoms with E-state index >= 15 is 0 Å². The summed E-state index contributed by atoms with van der Waals surface area (Å²) >= 11 is 0. The summed E-state index contributed by atoms with van der Waals surface area (Å²) in [5.41, 5.74) is 1.10. The lowest BCUT2D eigenvalue weighted by Gasteiger charge is -2.19. The summed E-state index contributed by atoms with van der Waals surface area (Å²) in [5, 5.41) is 6.70. The smallest absolute Gasteiger partial charge is 0.135 e. The Hall–Kier alpha value is -2.04. The van der Waals surface area contributed by atoms with Gasteiger partial charge in [0.15, 0.2) is 0 Å². The predicted octanol–water partition coefficient (Wildman–Crippen LogP) is 3.80. The Kier molecular flexibility index (Phi) is 4.61. The van der Waals surface area contributed by atoms with Crippen LogP contribution >= 0.6 is 0 Å². The molecule has 0 radical (unpaired) electrons. The second-order valence-electron chi connectivity index (χ2n) is 5.05. The molecule has 1 unspecified atom stereocenters. The molecular weight excluding hydrogens is 252 g/mol. The average Bonchev–Trinajstić information content (AvgIpc) is 2.92. The van der Waals surface area contributed by atoms with Crippen molar-refractivity contribution >= 4 is 11.6 Å². The van der Waals surface area contributed by atoms with Crippen LogP contribution in [0.3, 0.4) is 0 Å². The first kappa shape index (κ1) is 14.4. The van der Waals surface area contributed by atoms with Crippen LogP contribution in [-0.4, -0.2) is 16.5 Å². The molecule has 0 saturated heterocycles. The molecule has 108 valence electrons. The van der Waals surface area contributed by atoms with Crippen molar-refractivity contribution in [3.8, 4) is 0 Å². The molecule has 0 aliphatic rings. The van der Waals surface area contributed by atoms with Crippen molar-refractivity contribution in [2.45, 2.75) is 39.7 Å². The second-order valence-corrected chi connectivity index (χ2v) is 5.05. The first-order valence-corrected chi connectivity index (χ1v) is 7.02. The van der Waals surface area contributed by atoms with Crippen LogP contribution in [0.15, 0.2) is 29.1 Å². The van der Waals surface area contributed by atoms with Gasteiger partial charge in [-0.25, -0.2) is 9.97 Å².